The van der Waals surface area contributed by atoms with E-state index in [1.165, 1.54) is 32.4 Å². The van der Waals surface area contributed by atoms with Crippen molar-refractivity contribution in [3.8, 4) is 5.75 Å². The zero-order valence-corrected chi connectivity index (χ0v) is 16.8. The minimum absolute atomic E-state index is 0.110. The Bertz CT molecular complexity index is 883. The minimum atomic E-state index is -0.635. The van der Waals surface area contributed by atoms with Crippen molar-refractivity contribution < 1.29 is 33.3 Å². The largest absolute Gasteiger partial charge is 0.491 e. The fraction of sp³-hybridized carbons (Fsp3) is 0.318. The molecule has 8 nitrogen and oxygen atoms in total. The second-order valence-electron chi connectivity index (χ2n) is 6.71. The molecule has 0 aliphatic carbocycles. The standard InChI is InChI=1S/C22H23NO7/c1-27-21(25)15-10-16(22(26)28-2)12-17(11-15)23-20(24)14-5-7-18(8-6-14)30-13-19-4-3-9-29-19/h5-8,10-12,19H,3-4,9,13H2,1-2H3,(H,23,24)/t19-/m0/s1. The van der Waals surface area contributed by atoms with Crippen LogP contribution in [0.4, 0.5) is 5.69 Å². The lowest BCUT2D eigenvalue weighted by molar-refractivity contribution is 0.0598. The van der Waals surface area contributed by atoms with E-state index in [2.05, 4.69) is 5.32 Å². The van der Waals surface area contributed by atoms with Crippen LogP contribution in [0.3, 0.4) is 0 Å². The molecular weight excluding hydrogens is 390 g/mol. The maximum absolute atomic E-state index is 12.6. The average Bonchev–Trinajstić information content (AvgIpc) is 3.30. The second kappa shape index (κ2) is 9.89. The smallest absolute Gasteiger partial charge is 0.337 e. The van der Waals surface area contributed by atoms with Gasteiger partial charge in [-0.25, -0.2) is 9.59 Å². The SMILES string of the molecule is COC(=O)c1cc(NC(=O)c2ccc(OC[C@@H]3CCCO3)cc2)cc(C(=O)OC)c1. The maximum atomic E-state index is 12.6. The van der Waals surface area contributed by atoms with Gasteiger partial charge in [-0.15, -0.1) is 0 Å². The van der Waals surface area contributed by atoms with Crippen LogP contribution in [0, 0.1) is 0 Å². The van der Waals surface area contributed by atoms with Crippen molar-refractivity contribution >= 4 is 23.5 Å². The first kappa shape index (κ1) is 21.3. The van der Waals surface area contributed by atoms with Crippen LogP contribution >= 0.6 is 0 Å². The van der Waals surface area contributed by atoms with E-state index in [4.69, 9.17) is 18.9 Å². The van der Waals surface area contributed by atoms with Crippen LogP contribution in [0.5, 0.6) is 5.75 Å². The molecule has 3 rings (SSSR count). The Labute approximate surface area is 174 Å². The molecule has 1 N–H and O–H groups in total. The van der Waals surface area contributed by atoms with Gasteiger partial charge in [-0.2, -0.15) is 0 Å². The summed E-state index contributed by atoms with van der Waals surface area (Å²) in [5.74, 6) is -1.03. The Kier molecular flexibility index (Phi) is 7.03. The Balaban J connectivity index is 1.69. The third-order valence-corrected chi connectivity index (χ3v) is 4.61. The summed E-state index contributed by atoms with van der Waals surface area (Å²) in [5, 5.41) is 2.68. The third kappa shape index (κ3) is 5.36. The number of anilines is 1. The van der Waals surface area contributed by atoms with Gasteiger partial charge in [0, 0.05) is 17.9 Å². The molecular formula is C22H23NO7. The van der Waals surface area contributed by atoms with Gasteiger partial charge >= 0.3 is 11.9 Å². The molecule has 1 saturated heterocycles. The molecule has 1 fully saturated rings. The number of carbonyl (C=O) groups is 3. The van der Waals surface area contributed by atoms with E-state index in [1.54, 1.807) is 24.3 Å². The van der Waals surface area contributed by atoms with Crippen molar-refractivity contribution in [1.29, 1.82) is 0 Å². The number of esters is 2. The average molecular weight is 413 g/mol. The van der Waals surface area contributed by atoms with E-state index in [0.717, 1.165) is 19.4 Å². The van der Waals surface area contributed by atoms with Gasteiger partial charge in [0.05, 0.1) is 31.5 Å². The molecule has 0 saturated carbocycles. The molecule has 8 heteroatoms. The summed E-state index contributed by atoms with van der Waals surface area (Å²) in [6, 6.07) is 10.9. The highest BCUT2D eigenvalue weighted by Crippen LogP contribution is 2.20. The number of hydrogen-bond acceptors (Lipinski definition) is 7. The highest BCUT2D eigenvalue weighted by atomic mass is 16.5. The number of hydrogen-bond donors (Lipinski definition) is 1. The van der Waals surface area contributed by atoms with Crippen LogP contribution in [0.25, 0.3) is 0 Å². The number of rotatable bonds is 7. The van der Waals surface area contributed by atoms with Crippen LogP contribution in [-0.4, -0.2) is 51.4 Å². The summed E-state index contributed by atoms with van der Waals surface area (Å²) >= 11 is 0. The Morgan fingerprint density at radius 3 is 2.13 bits per heavy atom. The molecule has 0 radical (unpaired) electrons. The summed E-state index contributed by atoms with van der Waals surface area (Å²) in [4.78, 5) is 36.3. The molecule has 0 unspecified atom stereocenters. The van der Waals surface area contributed by atoms with Gasteiger partial charge in [-0.3, -0.25) is 4.79 Å². The molecule has 1 amide bonds. The summed E-state index contributed by atoms with van der Waals surface area (Å²) < 4.78 is 20.6. The molecule has 0 aromatic heterocycles. The summed E-state index contributed by atoms with van der Waals surface area (Å²) in [5.41, 5.74) is 0.895. The first-order valence-corrected chi connectivity index (χ1v) is 9.47. The summed E-state index contributed by atoms with van der Waals surface area (Å²) in [6.45, 7) is 1.24. The zero-order chi connectivity index (χ0) is 21.5. The normalized spacial score (nSPS) is 15.3. The van der Waals surface area contributed by atoms with Gasteiger partial charge in [0.2, 0.25) is 0 Å². The van der Waals surface area contributed by atoms with Gasteiger partial charge < -0.3 is 24.3 Å². The van der Waals surface area contributed by atoms with Crippen LogP contribution in [0.2, 0.25) is 0 Å². The first-order valence-electron chi connectivity index (χ1n) is 9.47. The van der Waals surface area contributed by atoms with E-state index in [1.807, 2.05) is 0 Å². The number of benzene rings is 2. The fourth-order valence-corrected chi connectivity index (χ4v) is 3.04. The topological polar surface area (TPSA) is 100 Å². The highest BCUT2D eigenvalue weighted by molar-refractivity contribution is 6.06. The Morgan fingerprint density at radius 2 is 1.60 bits per heavy atom. The van der Waals surface area contributed by atoms with Crippen molar-refractivity contribution in [3.05, 3.63) is 59.2 Å². The quantitative estimate of drug-likeness (QED) is 0.696. The molecule has 0 spiro atoms. The maximum Gasteiger partial charge on any atom is 0.337 e. The molecule has 30 heavy (non-hydrogen) atoms. The predicted octanol–water partition coefficient (Wildman–Crippen LogP) is 3.07. The van der Waals surface area contributed by atoms with Crippen molar-refractivity contribution in [2.45, 2.75) is 18.9 Å². The highest BCUT2D eigenvalue weighted by Gasteiger charge is 2.17. The molecule has 1 atom stereocenters. The van der Waals surface area contributed by atoms with Crippen molar-refractivity contribution in [2.24, 2.45) is 0 Å². The monoisotopic (exact) mass is 413 g/mol. The predicted molar refractivity (Wildman–Crippen MR) is 108 cm³/mol. The Morgan fingerprint density at radius 1 is 0.967 bits per heavy atom. The van der Waals surface area contributed by atoms with E-state index < -0.39 is 17.8 Å². The molecule has 1 heterocycles. The van der Waals surface area contributed by atoms with Gasteiger partial charge in [0.25, 0.3) is 5.91 Å². The van der Waals surface area contributed by atoms with Crippen molar-refractivity contribution in [2.75, 3.05) is 32.8 Å². The number of ether oxygens (including phenoxy) is 4. The zero-order valence-electron chi connectivity index (χ0n) is 16.8. The van der Waals surface area contributed by atoms with Gasteiger partial charge in [-0.05, 0) is 55.3 Å². The first-order chi connectivity index (χ1) is 14.5. The Hall–Kier alpha value is -3.39. The lowest BCUT2D eigenvalue weighted by Gasteiger charge is -2.12. The van der Waals surface area contributed by atoms with Gasteiger partial charge in [0.15, 0.2) is 0 Å². The molecule has 2 aromatic carbocycles. The van der Waals surface area contributed by atoms with Gasteiger partial charge in [-0.1, -0.05) is 0 Å². The molecule has 158 valence electrons. The van der Waals surface area contributed by atoms with Crippen LogP contribution in [-0.2, 0) is 14.2 Å². The second-order valence-corrected chi connectivity index (χ2v) is 6.71. The third-order valence-electron chi connectivity index (χ3n) is 4.61. The molecule has 1 aliphatic heterocycles. The number of carbonyl (C=O) groups excluding carboxylic acids is 3. The van der Waals surface area contributed by atoms with Crippen molar-refractivity contribution in [3.63, 3.8) is 0 Å². The molecule has 1 aliphatic rings. The van der Waals surface area contributed by atoms with E-state index in [0.29, 0.717) is 17.9 Å². The van der Waals surface area contributed by atoms with Crippen LogP contribution < -0.4 is 10.1 Å². The molecule has 2 aromatic rings. The fourth-order valence-electron chi connectivity index (χ4n) is 3.04. The summed E-state index contributed by atoms with van der Waals surface area (Å²) in [7, 11) is 2.46. The minimum Gasteiger partial charge on any atom is -0.491 e. The van der Waals surface area contributed by atoms with E-state index in [9.17, 15) is 14.4 Å². The van der Waals surface area contributed by atoms with E-state index in [-0.39, 0.29) is 22.9 Å². The lowest BCUT2D eigenvalue weighted by Crippen LogP contribution is -2.16. The number of methoxy groups -OCH3 is 2. The molecule has 0 bridgehead atoms. The van der Waals surface area contributed by atoms with Crippen LogP contribution in [0.15, 0.2) is 42.5 Å². The van der Waals surface area contributed by atoms with Crippen LogP contribution in [0.1, 0.15) is 43.9 Å². The lowest BCUT2D eigenvalue weighted by atomic mass is 10.1. The van der Waals surface area contributed by atoms with Gasteiger partial charge in [0.1, 0.15) is 12.4 Å². The van der Waals surface area contributed by atoms with Crippen molar-refractivity contribution in [1.82, 2.24) is 0 Å². The van der Waals surface area contributed by atoms with E-state index >= 15 is 0 Å². The number of nitrogens with one attached hydrogen (secondary N) is 1. The number of amides is 1. The summed E-state index contributed by atoms with van der Waals surface area (Å²) in [6.07, 6.45) is 2.14.